The minimum atomic E-state index is -1.30. The van der Waals surface area contributed by atoms with Gasteiger partial charge in [0, 0.05) is 11.3 Å². The molecule has 0 saturated carbocycles. The van der Waals surface area contributed by atoms with Gasteiger partial charge in [-0.25, -0.2) is 9.78 Å². The van der Waals surface area contributed by atoms with Gasteiger partial charge in [0.15, 0.2) is 0 Å². The van der Waals surface area contributed by atoms with E-state index in [1.807, 2.05) is 6.92 Å². The van der Waals surface area contributed by atoms with Crippen LogP contribution in [0.3, 0.4) is 0 Å². The lowest BCUT2D eigenvalue weighted by Crippen LogP contribution is -2.44. The van der Waals surface area contributed by atoms with E-state index in [9.17, 15) is 14.7 Å². The molecule has 0 saturated heterocycles. The fourth-order valence-electron chi connectivity index (χ4n) is 3.16. The average Bonchev–Trinajstić information content (AvgIpc) is 2.84. The Balaban J connectivity index is 2.39. The molecule has 118 valence electrons. The van der Waals surface area contributed by atoms with Crippen LogP contribution in [0, 0.1) is 0 Å². The van der Waals surface area contributed by atoms with Crippen LogP contribution in [0.2, 0.25) is 0 Å². The molecule has 2 heterocycles. The Morgan fingerprint density at radius 1 is 1.36 bits per heavy atom. The maximum absolute atomic E-state index is 13.1. The summed E-state index contributed by atoms with van der Waals surface area (Å²) in [6.07, 6.45) is 4.65. The van der Waals surface area contributed by atoms with Crippen molar-refractivity contribution < 1.29 is 9.90 Å². The van der Waals surface area contributed by atoms with Gasteiger partial charge in [-0.1, -0.05) is 6.92 Å². The highest BCUT2D eigenvalue weighted by Crippen LogP contribution is 2.34. The molecule has 2 aromatic heterocycles. The number of aliphatic carboxylic acids is 1. The third kappa shape index (κ3) is 2.08. The molecule has 0 fully saturated rings. The number of hydrogen-bond acceptors (Lipinski definition) is 4. The first-order chi connectivity index (χ1) is 10.4. The number of carboxylic acids is 1. The first-order valence-electron chi connectivity index (χ1n) is 7.68. The SMILES string of the molecule is CCc1nc2sc3c(c2c(=O)n1C(C)(C)C(=O)O)CCCC3. The maximum atomic E-state index is 13.1. The number of hydrogen-bond donors (Lipinski definition) is 1. The summed E-state index contributed by atoms with van der Waals surface area (Å²) in [5.41, 5.74) is -0.400. The van der Waals surface area contributed by atoms with Crippen molar-refractivity contribution in [2.75, 3.05) is 0 Å². The number of carbonyl (C=O) groups is 1. The van der Waals surface area contributed by atoms with Gasteiger partial charge in [-0.15, -0.1) is 11.3 Å². The van der Waals surface area contributed by atoms with Crippen LogP contribution < -0.4 is 5.56 Å². The Hall–Kier alpha value is -1.69. The van der Waals surface area contributed by atoms with Crippen LogP contribution in [-0.4, -0.2) is 20.6 Å². The van der Waals surface area contributed by atoms with E-state index in [1.54, 1.807) is 25.2 Å². The third-order valence-electron chi connectivity index (χ3n) is 4.46. The Morgan fingerprint density at radius 3 is 2.68 bits per heavy atom. The van der Waals surface area contributed by atoms with Gasteiger partial charge in [-0.2, -0.15) is 0 Å². The molecule has 3 rings (SSSR count). The van der Waals surface area contributed by atoms with E-state index in [1.165, 1.54) is 9.44 Å². The van der Waals surface area contributed by atoms with Crippen molar-refractivity contribution in [3.8, 4) is 0 Å². The van der Waals surface area contributed by atoms with E-state index in [4.69, 9.17) is 0 Å². The van der Waals surface area contributed by atoms with Crippen molar-refractivity contribution in [2.24, 2.45) is 0 Å². The highest BCUT2D eigenvalue weighted by Gasteiger charge is 2.34. The van der Waals surface area contributed by atoms with Gasteiger partial charge in [-0.3, -0.25) is 9.36 Å². The summed E-state index contributed by atoms with van der Waals surface area (Å²) in [4.78, 5) is 31.3. The zero-order valence-electron chi connectivity index (χ0n) is 13.1. The zero-order chi connectivity index (χ0) is 16.1. The van der Waals surface area contributed by atoms with Crippen LogP contribution in [0.25, 0.3) is 10.2 Å². The topological polar surface area (TPSA) is 72.2 Å². The molecule has 0 aromatic carbocycles. The van der Waals surface area contributed by atoms with E-state index in [0.29, 0.717) is 17.6 Å². The molecule has 0 aliphatic heterocycles. The van der Waals surface area contributed by atoms with Crippen LogP contribution in [0.5, 0.6) is 0 Å². The molecular formula is C16H20N2O3S. The number of carboxylic acid groups (broad SMARTS) is 1. The third-order valence-corrected chi connectivity index (χ3v) is 5.64. The van der Waals surface area contributed by atoms with Crippen molar-refractivity contribution in [2.45, 2.75) is 58.4 Å². The molecule has 2 aromatic rings. The van der Waals surface area contributed by atoms with E-state index in [-0.39, 0.29) is 5.56 Å². The molecule has 0 atom stereocenters. The highest BCUT2D eigenvalue weighted by atomic mass is 32.1. The Morgan fingerprint density at radius 2 is 2.05 bits per heavy atom. The molecule has 6 heteroatoms. The van der Waals surface area contributed by atoms with Gasteiger partial charge in [0.05, 0.1) is 5.39 Å². The molecule has 1 N–H and O–H groups in total. The van der Waals surface area contributed by atoms with Crippen LogP contribution in [0.1, 0.15) is 49.9 Å². The van der Waals surface area contributed by atoms with Gasteiger partial charge >= 0.3 is 5.97 Å². The lowest BCUT2D eigenvalue weighted by molar-refractivity contribution is -0.146. The van der Waals surface area contributed by atoms with Crippen LogP contribution >= 0.6 is 11.3 Å². The quantitative estimate of drug-likeness (QED) is 0.944. The number of rotatable bonds is 3. The molecule has 5 nitrogen and oxygen atoms in total. The molecule has 0 bridgehead atoms. The monoisotopic (exact) mass is 320 g/mol. The largest absolute Gasteiger partial charge is 0.480 e. The van der Waals surface area contributed by atoms with E-state index < -0.39 is 11.5 Å². The predicted molar refractivity (Wildman–Crippen MR) is 86.9 cm³/mol. The van der Waals surface area contributed by atoms with Crippen molar-refractivity contribution in [1.82, 2.24) is 9.55 Å². The van der Waals surface area contributed by atoms with Gasteiger partial charge in [0.1, 0.15) is 16.2 Å². The van der Waals surface area contributed by atoms with Crippen LogP contribution in [-0.2, 0) is 29.6 Å². The van der Waals surface area contributed by atoms with Gasteiger partial charge in [-0.05, 0) is 45.1 Å². The van der Waals surface area contributed by atoms with Gasteiger partial charge in [0.2, 0.25) is 0 Å². The Bertz CT molecular complexity index is 817. The van der Waals surface area contributed by atoms with Crippen molar-refractivity contribution >= 4 is 27.5 Å². The minimum Gasteiger partial charge on any atom is -0.480 e. The second-order valence-corrected chi connectivity index (χ2v) is 7.36. The molecule has 0 unspecified atom stereocenters. The van der Waals surface area contributed by atoms with E-state index in [2.05, 4.69) is 4.98 Å². The summed E-state index contributed by atoms with van der Waals surface area (Å²) >= 11 is 1.60. The van der Waals surface area contributed by atoms with Gasteiger partial charge < -0.3 is 5.11 Å². The number of fused-ring (bicyclic) bond motifs is 3. The molecule has 1 aliphatic carbocycles. The summed E-state index contributed by atoms with van der Waals surface area (Å²) < 4.78 is 1.37. The molecule has 0 spiro atoms. The Labute approximate surface area is 132 Å². The molecule has 22 heavy (non-hydrogen) atoms. The van der Waals surface area contributed by atoms with Crippen molar-refractivity contribution in [3.63, 3.8) is 0 Å². The average molecular weight is 320 g/mol. The summed E-state index contributed by atoms with van der Waals surface area (Å²) in [6.45, 7) is 5.01. The normalized spacial score (nSPS) is 15.0. The first-order valence-corrected chi connectivity index (χ1v) is 8.49. The number of aryl methyl sites for hydroxylation is 3. The summed E-state index contributed by atoms with van der Waals surface area (Å²) in [7, 11) is 0. The van der Waals surface area contributed by atoms with Crippen molar-refractivity contribution in [3.05, 3.63) is 26.6 Å². The van der Waals surface area contributed by atoms with E-state index >= 15 is 0 Å². The Kier molecular flexibility index (Phi) is 3.59. The van der Waals surface area contributed by atoms with Crippen molar-refractivity contribution in [1.29, 1.82) is 0 Å². The lowest BCUT2D eigenvalue weighted by atomic mass is 9.97. The summed E-state index contributed by atoms with van der Waals surface area (Å²) in [6, 6.07) is 0. The zero-order valence-corrected chi connectivity index (χ0v) is 13.9. The predicted octanol–water partition coefficient (Wildman–Crippen LogP) is 2.72. The van der Waals surface area contributed by atoms with Crippen LogP contribution in [0.15, 0.2) is 4.79 Å². The standard InChI is InChI=1S/C16H20N2O3S/c1-4-11-17-13-12(9-7-5-6-8-10(9)22-13)14(19)18(11)16(2,3)15(20)21/h4-8H2,1-3H3,(H,20,21). The first kappa shape index (κ1) is 15.2. The molecule has 0 amide bonds. The molecular weight excluding hydrogens is 300 g/mol. The lowest BCUT2D eigenvalue weighted by Gasteiger charge is -2.25. The minimum absolute atomic E-state index is 0.200. The van der Waals surface area contributed by atoms with Gasteiger partial charge in [0.25, 0.3) is 5.56 Å². The number of aromatic nitrogens is 2. The smallest absolute Gasteiger partial charge is 0.329 e. The second-order valence-electron chi connectivity index (χ2n) is 6.28. The fourth-order valence-corrected chi connectivity index (χ4v) is 4.43. The number of thiophene rings is 1. The fraction of sp³-hybridized carbons (Fsp3) is 0.562. The van der Waals surface area contributed by atoms with E-state index in [0.717, 1.165) is 36.1 Å². The molecule has 0 radical (unpaired) electrons. The summed E-state index contributed by atoms with van der Waals surface area (Å²) in [5.74, 6) is -0.474. The van der Waals surface area contributed by atoms with Crippen LogP contribution in [0.4, 0.5) is 0 Å². The highest BCUT2D eigenvalue weighted by molar-refractivity contribution is 7.18. The molecule has 1 aliphatic rings. The second kappa shape index (κ2) is 5.19. The number of nitrogens with zero attached hydrogens (tertiary/aromatic N) is 2. The maximum Gasteiger partial charge on any atom is 0.329 e. The summed E-state index contributed by atoms with van der Waals surface area (Å²) in [5, 5.41) is 10.2.